The number of rotatable bonds is 4. The molecule has 35 heavy (non-hydrogen) atoms. The zero-order valence-electron chi connectivity index (χ0n) is 21.5. The third-order valence-corrected chi connectivity index (χ3v) is 9.50. The number of aromatic nitrogens is 2. The predicted molar refractivity (Wildman–Crippen MR) is 139 cm³/mol. The molecule has 5 atom stereocenters. The zero-order valence-corrected chi connectivity index (χ0v) is 21.5. The number of benzene rings is 1. The second-order valence-electron chi connectivity index (χ2n) is 11.6. The van der Waals surface area contributed by atoms with Gasteiger partial charge in [0.2, 0.25) is 5.95 Å². The van der Waals surface area contributed by atoms with Gasteiger partial charge in [0.25, 0.3) is 5.91 Å². The molecule has 3 saturated heterocycles. The average Bonchev–Trinajstić information content (AvgIpc) is 3.18. The Kier molecular flexibility index (Phi) is 5.82. The van der Waals surface area contributed by atoms with Crippen LogP contribution in [-0.4, -0.2) is 70.0 Å². The van der Waals surface area contributed by atoms with E-state index < -0.39 is 0 Å². The van der Waals surface area contributed by atoms with E-state index in [4.69, 9.17) is 9.97 Å². The second kappa shape index (κ2) is 8.88. The van der Waals surface area contributed by atoms with E-state index in [1.165, 1.54) is 37.7 Å². The molecule has 1 aliphatic carbocycles. The van der Waals surface area contributed by atoms with E-state index in [0.29, 0.717) is 17.8 Å². The highest BCUT2D eigenvalue weighted by molar-refractivity contribution is 5.93. The fourth-order valence-corrected chi connectivity index (χ4v) is 7.85. The molecule has 4 heterocycles. The summed E-state index contributed by atoms with van der Waals surface area (Å²) in [6.07, 6.45) is 9.20. The first-order chi connectivity index (χ1) is 17.0. The number of nitrogens with zero attached hydrogens (tertiary/aromatic N) is 5. The van der Waals surface area contributed by atoms with Crippen LogP contribution in [0.25, 0.3) is 0 Å². The number of aryl methyl sites for hydroxylation is 1. The van der Waals surface area contributed by atoms with E-state index in [9.17, 15) is 4.79 Å². The Morgan fingerprint density at radius 2 is 1.77 bits per heavy atom. The van der Waals surface area contributed by atoms with Crippen LogP contribution in [0.5, 0.6) is 0 Å². The summed E-state index contributed by atoms with van der Waals surface area (Å²) in [5, 5.41) is 0. The Morgan fingerprint density at radius 1 is 1.03 bits per heavy atom. The predicted octanol–water partition coefficient (Wildman–Crippen LogP) is 4.47. The lowest BCUT2D eigenvalue weighted by Crippen LogP contribution is -2.59. The maximum absolute atomic E-state index is 14.3. The molecule has 6 heteroatoms. The summed E-state index contributed by atoms with van der Waals surface area (Å²) in [5.74, 6) is 0.849. The Bertz CT molecular complexity index is 1080. The van der Waals surface area contributed by atoms with Crippen LogP contribution in [0.3, 0.4) is 0 Å². The van der Waals surface area contributed by atoms with Crippen molar-refractivity contribution in [2.24, 2.45) is 5.41 Å². The minimum Gasteiger partial charge on any atom is -0.341 e. The van der Waals surface area contributed by atoms with Crippen LogP contribution in [0.4, 0.5) is 5.95 Å². The van der Waals surface area contributed by atoms with Crippen LogP contribution < -0.4 is 4.90 Å². The number of carbonyl (C=O) groups is 1. The Morgan fingerprint density at radius 3 is 2.54 bits per heavy atom. The van der Waals surface area contributed by atoms with Crippen molar-refractivity contribution in [3.63, 3.8) is 0 Å². The quantitative estimate of drug-likeness (QED) is 0.656. The summed E-state index contributed by atoms with van der Waals surface area (Å²) in [5.41, 5.74) is 2.97. The normalized spacial score (nSPS) is 32.7. The molecule has 1 saturated carbocycles. The molecule has 0 radical (unpaired) electrons. The van der Waals surface area contributed by atoms with E-state index in [2.05, 4.69) is 59.0 Å². The minimum atomic E-state index is 0.112. The Labute approximate surface area is 209 Å². The third kappa shape index (κ3) is 3.85. The largest absolute Gasteiger partial charge is 0.341 e. The lowest BCUT2D eigenvalue weighted by atomic mass is 9.64. The van der Waals surface area contributed by atoms with E-state index in [1.807, 2.05) is 13.0 Å². The van der Waals surface area contributed by atoms with E-state index in [0.717, 1.165) is 44.0 Å². The first kappa shape index (κ1) is 23.0. The maximum atomic E-state index is 14.3. The first-order valence-electron chi connectivity index (χ1n) is 13.6. The molecule has 6 nitrogen and oxygen atoms in total. The van der Waals surface area contributed by atoms with Crippen molar-refractivity contribution in [3.8, 4) is 0 Å². The third-order valence-electron chi connectivity index (χ3n) is 9.50. The van der Waals surface area contributed by atoms with E-state index in [-0.39, 0.29) is 23.4 Å². The van der Waals surface area contributed by atoms with Gasteiger partial charge in [0.15, 0.2) is 0 Å². The summed E-state index contributed by atoms with van der Waals surface area (Å²) in [6.45, 7) is 6.41. The molecule has 1 aromatic carbocycles. The molecule has 1 amide bonds. The Balaban J connectivity index is 1.36. The van der Waals surface area contributed by atoms with Gasteiger partial charge in [0, 0.05) is 48.4 Å². The highest BCUT2D eigenvalue weighted by Gasteiger charge is 2.63. The van der Waals surface area contributed by atoms with Crippen molar-refractivity contribution < 1.29 is 4.79 Å². The number of hydrogen-bond donors (Lipinski definition) is 0. The molecule has 2 aromatic rings. The van der Waals surface area contributed by atoms with E-state index in [1.54, 1.807) is 0 Å². The molecule has 6 rings (SSSR count). The molecule has 4 fully saturated rings. The number of fused-ring (bicyclic) bond motifs is 1. The average molecular weight is 474 g/mol. The molecular formula is C29H39N5O. The molecule has 0 spiro atoms. The SMILES string of the molecule is Cc1cc(C(=O)N2[C@H]3CCC[C@H]4N(C)[C@@H](Cc5ccccc5)[C@@H]2C[C@@]34C)nc(N2CCCCC2)n1. The molecule has 4 aliphatic rings. The van der Waals surface area contributed by atoms with Gasteiger partial charge in [-0.1, -0.05) is 37.3 Å². The van der Waals surface area contributed by atoms with Crippen LogP contribution in [0.15, 0.2) is 36.4 Å². The topological polar surface area (TPSA) is 52.6 Å². The first-order valence-corrected chi connectivity index (χ1v) is 13.6. The number of anilines is 1. The van der Waals surface area contributed by atoms with Gasteiger partial charge in [0.1, 0.15) is 5.69 Å². The van der Waals surface area contributed by atoms with Crippen molar-refractivity contribution >= 4 is 11.9 Å². The smallest absolute Gasteiger partial charge is 0.273 e. The summed E-state index contributed by atoms with van der Waals surface area (Å²) >= 11 is 0. The lowest BCUT2D eigenvalue weighted by molar-refractivity contribution is -0.00397. The van der Waals surface area contributed by atoms with E-state index >= 15 is 0 Å². The highest BCUT2D eigenvalue weighted by atomic mass is 16.2. The molecule has 2 bridgehead atoms. The maximum Gasteiger partial charge on any atom is 0.273 e. The monoisotopic (exact) mass is 473 g/mol. The van der Waals surface area contributed by atoms with Gasteiger partial charge in [0.05, 0.1) is 0 Å². The highest BCUT2D eigenvalue weighted by Crippen LogP contribution is 2.56. The number of hydrogen-bond acceptors (Lipinski definition) is 5. The van der Waals surface area contributed by atoms with Crippen LogP contribution in [0.1, 0.15) is 73.6 Å². The van der Waals surface area contributed by atoms with Crippen molar-refractivity contribution in [1.29, 1.82) is 0 Å². The van der Waals surface area contributed by atoms with Gasteiger partial charge in [-0.15, -0.1) is 0 Å². The van der Waals surface area contributed by atoms with Crippen LogP contribution in [-0.2, 0) is 6.42 Å². The van der Waals surface area contributed by atoms with Crippen molar-refractivity contribution in [2.45, 2.75) is 89.4 Å². The fraction of sp³-hybridized carbons (Fsp3) is 0.621. The number of carbonyl (C=O) groups excluding carboxylic acids is 1. The summed E-state index contributed by atoms with van der Waals surface area (Å²) in [6, 6.07) is 14.1. The summed E-state index contributed by atoms with van der Waals surface area (Å²) in [7, 11) is 2.31. The number of amides is 1. The zero-order chi connectivity index (χ0) is 24.2. The van der Waals surface area contributed by atoms with Gasteiger partial charge in [-0.05, 0) is 77.0 Å². The lowest BCUT2D eigenvalue weighted by Gasteiger charge is -2.51. The fourth-order valence-electron chi connectivity index (χ4n) is 7.85. The van der Waals surface area contributed by atoms with Crippen LogP contribution in [0, 0.1) is 12.3 Å². The number of likely N-dealkylation sites (N-methyl/N-ethyl adjacent to an activating group) is 1. The molecule has 0 N–H and O–H groups in total. The molecule has 3 aliphatic heterocycles. The number of piperidine rings is 2. The van der Waals surface area contributed by atoms with Crippen molar-refractivity contribution in [3.05, 3.63) is 53.3 Å². The molecule has 1 aromatic heterocycles. The van der Waals surface area contributed by atoms with Gasteiger partial charge < -0.3 is 9.80 Å². The molecule has 0 unspecified atom stereocenters. The van der Waals surface area contributed by atoms with Gasteiger partial charge in [-0.3, -0.25) is 9.69 Å². The summed E-state index contributed by atoms with van der Waals surface area (Å²) in [4.78, 5) is 31.1. The molecular weight excluding hydrogens is 434 g/mol. The second-order valence-corrected chi connectivity index (χ2v) is 11.6. The molecule has 186 valence electrons. The van der Waals surface area contributed by atoms with Gasteiger partial charge in [-0.2, -0.15) is 0 Å². The minimum absolute atomic E-state index is 0.112. The van der Waals surface area contributed by atoms with Crippen LogP contribution >= 0.6 is 0 Å². The Hall–Kier alpha value is -2.47. The van der Waals surface area contributed by atoms with Crippen molar-refractivity contribution in [1.82, 2.24) is 19.8 Å². The number of likely N-dealkylation sites (tertiary alicyclic amines) is 2. The van der Waals surface area contributed by atoms with Crippen molar-refractivity contribution in [2.75, 3.05) is 25.0 Å². The van der Waals surface area contributed by atoms with Gasteiger partial charge >= 0.3 is 0 Å². The van der Waals surface area contributed by atoms with Gasteiger partial charge in [-0.25, -0.2) is 9.97 Å². The van der Waals surface area contributed by atoms with Crippen LogP contribution in [0.2, 0.25) is 0 Å². The standard InChI is InChI=1S/C29H39N5O/c1-20-17-22(31-28(30-20)33-15-8-5-9-16-33)27(35)34-24-19-29(2)25(13-10-14-26(29)34)32(3)23(24)18-21-11-6-4-7-12-21/h4,6-7,11-12,17,23-26H,5,8-10,13-16,18-19H2,1-3H3/t23-,24-,25+,26-,29+/m0/s1. The summed E-state index contributed by atoms with van der Waals surface area (Å²) < 4.78 is 0.